The second-order valence-corrected chi connectivity index (χ2v) is 3.75. The van der Waals surface area contributed by atoms with Gasteiger partial charge in [-0.25, -0.2) is 0 Å². The highest BCUT2D eigenvalue weighted by atomic mass is 16.5. The summed E-state index contributed by atoms with van der Waals surface area (Å²) in [4.78, 5) is 0. The molecule has 0 bridgehead atoms. The minimum atomic E-state index is 0.856. The molecule has 0 fully saturated rings. The lowest BCUT2D eigenvalue weighted by Crippen LogP contribution is -1.91. The van der Waals surface area contributed by atoms with Crippen LogP contribution in [-0.4, -0.2) is 13.7 Å². The van der Waals surface area contributed by atoms with E-state index in [1.54, 1.807) is 19.3 Å². The molecule has 0 saturated heterocycles. The smallest absolute Gasteiger partial charge is 0.0465 e. The van der Waals surface area contributed by atoms with Crippen molar-refractivity contribution >= 4 is 0 Å². The van der Waals surface area contributed by atoms with Crippen LogP contribution in [0.2, 0.25) is 0 Å². The summed E-state index contributed by atoms with van der Waals surface area (Å²) >= 11 is 0. The molecule has 0 radical (unpaired) electrons. The Bertz CT molecular complexity index is 295. The number of hydrogen-bond donors (Lipinski definition) is 0. The van der Waals surface area contributed by atoms with Crippen molar-refractivity contribution in [2.24, 2.45) is 0 Å². The van der Waals surface area contributed by atoms with Gasteiger partial charge in [-0.05, 0) is 24.8 Å². The van der Waals surface area contributed by atoms with Gasteiger partial charge in [0, 0.05) is 13.7 Å². The Morgan fingerprint density at radius 2 is 1.58 bits per heavy atom. The second-order valence-electron chi connectivity index (χ2n) is 3.75. The normalized spacial score (nSPS) is 8.11. The Kier molecular flexibility index (Phi) is 19.5. The summed E-state index contributed by atoms with van der Waals surface area (Å²) in [5.41, 5.74) is 1.39. The molecule has 0 aliphatic heterocycles. The molecule has 0 aromatic heterocycles. The van der Waals surface area contributed by atoms with Crippen molar-refractivity contribution in [3.05, 3.63) is 73.9 Å². The minimum absolute atomic E-state index is 0.856. The molecule has 1 nitrogen and oxygen atoms in total. The lowest BCUT2D eigenvalue weighted by atomic mass is 10.1. The van der Waals surface area contributed by atoms with Gasteiger partial charge < -0.3 is 4.74 Å². The highest BCUT2D eigenvalue weighted by Crippen LogP contribution is 2.01. The van der Waals surface area contributed by atoms with E-state index in [4.69, 9.17) is 4.74 Å². The van der Waals surface area contributed by atoms with Crippen LogP contribution >= 0.6 is 0 Å². The Morgan fingerprint density at radius 1 is 1.05 bits per heavy atom. The van der Waals surface area contributed by atoms with E-state index in [2.05, 4.69) is 50.9 Å². The molecule has 0 spiro atoms. The zero-order chi connectivity index (χ0) is 14.8. The molecule has 0 heterocycles. The zero-order valence-electron chi connectivity index (χ0n) is 12.5. The first-order valence-electron chi connectivity index (χ1n) is 6.63. The van der Waals surface area contributed by atoms with Gasteiger partial charge in [0.1, 0.15) is 0 Å². The van der Waals surface area contributed by atoms with Crippen LogP contribution in [0.25, 0.3) is 0 Å². The molecule has 19 heavy (non-hydrogen) atoms. The molecule has 0 N–H and O–H groups in total. The van der Waals surface area contributed by atoms with Gasteiger partial charge in [0.15, 0.2) is 0 Å². The average molecular weight is 260 g/mol. The highest BCUT2D eigenvalue weighted by Gasteiger charge is 1.89. The van der Waals surface area contributed by atoms with E-state index in [0.29, 0.717) is 0 Å². The van der Waals surface area contributed by atoms with E-state index in [-0.39, 0.29) is 0 Å². The fourth-order valence-corrected chi connectivity index (χ4v) is 1.07. The quantitative estimate of drug-likeness (QED) is 0.388. The number of benzene rings is 1. The number of hydrogen-bond acceptors (Lipinski definition) is 1. The van der Waals surface area contributed by atoms with E-state index in [1.165, 1.54) is 5.56 Å². The van der Waals surface area contributed by atoms with Crippen molar-refractivity contribution in [3.63, 3.8) is 0 Å². The summed E-state index contributed by atoms with van der Waals surface area (Å²) in [5, 5.41) is 0. The second kappa shape index (κ2) is 18.8. The number of aryl methyl sites for hydroxylation is 1. The minimum Gasteiger partial charge on any atom is -0.385 e. The molecule has 0 aliphatic rings. The first kappa shape index (κ1) is 19.7. The molecule has 0 amide bonds. The first-order chi connectivity index (χ1) is 9.26. The largest absolute Gasteiger partial charge is 0.385 e. The molecular formula is C18H28O. The van der Waals surface area contributed by atoms with Crippen molar-refractivity contribution in [1.82, 2.24) is 0 Å². The van der Waals surface area contributed by atoms with Gasteiger partial charge in [-0.2, -0.15) is 0 Å². The molecule has 1 aromatic rings. The highest BCUT2D eigenvalue weighted by molar-refractivity contribution is 5.14. The third kappa shape index (κ3) is 18.9. The molecule has 106 valence electrons. The Labute approximate surface area is 119 Å². The average Bonchev–Trinajstić information content (AvgIpc) is 2.49. The van der Waals surface area contributed by atoms with Crippen molar-refractivity contribution in [2.45, 2.75) is 26.2 Å². The summed E-state index contributed by atoms with van der Waals surface area (Å²) in [6.45, 7) is 13.1. The molecule has 0 aliphatic carbocycles. The molecule has 0 saturated carbocycles. The number of allylic oxidation sites excluding steroid dienone is 3. The topological polar surface area (TPSA) is 9.23 Å². The maximum absolute atomic E-state index is 4.96. The van der Waals surface area contributed by atoms with Gasteiger partial charge in [0.2, 0.25) is 0 Å². The van der Waals surface area contributed by atoms with Gasteiger partial charge >= 0.3 is 0 Å². The fraction of sp³-hybridized carbons (Fsp3) is 0.333. The summed E-state index contributed by atoms with van der Waals surface area (Å²) < 4.78 is 4.96. The van der Waals surface area contributed by atoms with E-state index in [0.717, 1.165) is 25.9 Å². The zero-order valence-corrected chi connectivity index (χ0v) is 12.5. The SMILES string of the molecule is C=CC=C.C=CCC.COCCCc1ccccc1. The van der Waals surface area contributed by atoms with Gasteiger partial charge in [-0.1, -0.05) is 68.6 Å². The molecule has 1 aromatic carbocycles. The van der Waals surface area contributed by atoms with Gasteiger partial charge in [-0.15, -0.1) is 6.58 Å². The summed E-state index contributed by atoms with van der Waals surface area (Å²) in [6, 6.07) is 10.5. The van der Waals surface area contributed by atoms with Crippen LogP contribution < -0.4 is 0 Å². The van der Waals surface area contributed by atoms with Crippen LogP contribution in [-0.2, 0) is 11.2 Å². The molecule has 0 unspecified atom stereocenters. The molecule has 1 rings (SSSR count). The van der Waals surface area contributed by atoms with E-state index in [1.807, 2.05) is 12.1 Å². The van der Waals surface area contributed by atoms with E-state index in [9.17, 15) is 0 Å². The van der Waals surface area contributed by atoms with Crippen LogP contribution in [0.1, 0.15) is 25.3 Å². The Balaban J connectivity index is 0. The van der Waals surface area contributed by atoms with Gasteiger partial charge in [0.25, 0.3) is 0 Å². The van der Waals surface area contributed by atoms with Crippen LogP contribution in [0.4, 0.5) is 0 Å². The van der Waals surface area contributed by atoms with Crippen molar-refractivity contribution < 1.29 is 4.74 Å². The van der Waals surface area contributed by atoms with Crippen molar-refractivity contribution in [1.29, 1.82) is 0 Å². The third-order valence-electron chi connectivity index (χ3n) is 2.11. The maximum atomic E-state index is 4.96. The number of methoxy groups -OCH3 is 1. The van der Waals surface area contributed by atoms with Crippen LogP contribution in [0.15, 0.2) is 68.3 Å². The van der Waals surface area contributed by atoms with E-state index >= 15 is 0 Å². The Hall–Kier alpha value is -1.60. The number of rotatable bonds is 6. The van der Waals surface area contributed by atoms with Crippen LogP contribution in [0.3, 0.4) is 0 Å². The molecule has 1 heteroatoms. The monoisotopic (exact) mass is 260 g/mol. The predicted molar refractivity (Wildman–Crippen MR) is 87.5 cm³/mol. The summed E-state index contributed by atoms with van der Waals surface area (Å²) in [7, 11) is 1.74. The number of ether oxygens (including phenoxy) is 1. The van der Waals surface area contributed by atoms with Crippen LogP contribution in [0.5, 0.6) is 0 Å². The third-order valence-corrected chi connectivity index (χ3v) is 2.11. The summed E-state index contributed by atoms with van der Waals surface area (Å²) in [5.74, 6) is 0. The van der Waals surface area contributed by atoms with Gasteiger partial charge in [0.05, 0.1) is 0 Å². The van der Waals surface area contributed by atoms with Gasteiger partial charge in [-0.3, -0.25) is 0 Å². The first-order valence-corrected chi connectivity index (χ1v) is 6.63. The maximum Gasteiger partial charge on any atom is 0.0465 e. The standard InChI is InChI=1S/C10H14O.C4H8.C4H6/c1-11-9-5-8-10-6-3-2-4-7-10;2*1-3-4-2/h2-4,6-7H,5,8-9H2,1H3;3H,1,4H2,2H3;3-4H,1-2H2. The van der Waals surface area contributed by atoms with Crippen molar-refractivity contribution in [3.8, 4) is 0 Å². The molecular weight excluding hydrogens is 232 g/mol. The van der Waals surface area contributed by atoms with Crippen LogP contribution in [0, 0.1) is 0 Å². The summed E-state index contributed by atoms with van der Waals surface area (Å²) in [6.07, 6.45) is 8.47. The van der Waals surface area contributed by atoms with E-state index < -0.39 is 0 Å². The fourth-order valence-electron chi connectivity index (χ4n) is 1.07. The predicted octanol–water partition coefficient (Wildman–Crippen LogP) is 5.21. The molecule has 0 atom stereocenters. The Morgan fingerprint density at radius 3 is 1.95 bits per heavy atom. The lowest BCUT2D eigenvalue weighted by Gasteiger charge is -1.98. The van der Waals surface area contributed by atoms with Crippen molar-refractivity contribution in [2.75, 3.05) is 13.7 Å². The lowest BCUT2D eigenvalue weighted by molar-refractivity contribution is 0.195.